The van der Waals surface area contributed by atoms with Crippen molar-refractivity contribution < 1.29 is 10.1 Å². The van der Waals surface area contributed by atoms with Gasteiger partial charge in [0.15, 0.2) is 0 Å². The van der Waals surface area contributed by atoms with Crippen LogP contribution in [0, 0.1) is 0 Å². The molecule has 3 rings (SSSR count). The van der Waals surface area contributed by atoms with Crippen molar-refractivity contribution in [1.29, 1.82) is 0 Å². The highest BCUT2D eigenvalue weighted by Gasteiger charge is 2.04. The third-order valence-corrected chi connectivity index (χ3v) is 4.35. The number of aromatic nitrogens is 1. The molecule has 0 amide bonds. The number of ether oxygens (including phenoxy) is 1. The van der Waals surface area contributed by atoms with E-state index in [4.69, 9.17) is 27.9 Å². The normalized spacial score (nSPS) is 10.6. The number of rotatable bonds is 7. The summed E-state index contributed by atoms with van der Waals surface area (Å²) in [5.74, 6) is 0.828. The summed E-state index contributed by atoms with van der Waals surface area (Å²) in [5, 5.41) is 3.46. The molecule has 128 valence electrons. The number of quaternary nitrogens is 1. The first-order valence-corrected chi connectivity index (χ1v) is 8.83. The Kier molecular flexibility index (Phi) is 6.29. The van der Waals surface area contributed by atoms with Crippen molar-refractivity contribution in [2.45, 2.75) is 19.7 Å². The van der Waals surface area contributed by atoms with Crippen LogP contribution in [0.25, 0.3) is 0 Å². The minimum absolute atomic E-state index is 0.414. The molecule has 0 spiro atoms. The van der Waals surface area contributed by atoms with Crippen molar-refractivity contribution in [1.82, 2.24) is 4.98 Å². The first kappa shape index (κ1) is 17.7. The summed E-state index contributed by atoms with van der Waals surface area (Å²) in [6.45, 7) is 2.14. The van der Waals surface area contributed by atoms with E-state index < -0.39 is 0 Å². The number of pyridine rings is 1. The summed E-state index contributed by atoms with van der Waals surface area (Å²) in [6.07, 6.45) is 1.82. The van der Waals surface area contributed by atoms with Crippen LogP contribution in [0.1, 0.15) is 16.8 Å². The molecule has 1 heterocycles. The van der Waals surface area contributed by atoms with Crippen molar-refractivity contribution in [3.63, 3.8) is 0 Å². The van der Waals surface area contributed by atoms with Crippen LogP contribution < -0.4 is 10.1 Å². The van der Waals surface area contributed by atoms with Crippen molar-refractivity contribution in [2.75, 3.05) is 0 Å². The summed E-state index contributed by atoms with van der Waals surface area (Å²) in [4.78, 5) is 4.33. The summed E-state index contributed by atoms with van der Waals surface area (Å²) in [6, 6.07) is 19.5. The van der Waals surface area contributed by atoms with Crippen LogP contribution in [0.15, 0.2) is 66.9 Å². The molecule has 0 aliphatic carbocycles. The van der Waals surface area contributed by atoms with Crippen molar-refractivity contribution >= 4 is 23.2 Å². The van der Waals surface area contributed by atoms with Crippen molar-refractivity contribution in [3.8, 4) is 5.75 Å². The van der Waals surface area contributed by atoms with Gasteiger partial charge in [-0.2, -0.15) is 0 Å². The predicted octanol–water partition coefficient (Wildman–Crippen LogP) is 4.23. The molecular weight excluding hydrogens is 355 g/mol. The molecular formula is C20H19Cl2N2O+. The molecule has 0 atom stereocenters. The fourth-order valence-corrected chi connectivity index (χ4v) is 2.93. The van der Waals surface area contributed by atoms with Gasteiger partial charge in [-0.1, -0.05) is 47.5 Å². The Morgan fingerprint density at radius 2 is 1.84 bits per heavy atom. The van der Waals surface area contributed by atoms with Gasteiger partial charge in [-0.15, -0.1) is 0 Å². The van der Waals surface area contributed by atoms with Gasteiger partial charge >= 0.3 is 0 Å². The molecule has 0 aliphatic heterocycles. The van der Waals surface area contributed by atoms with Crippen LogP contribution >= 0.6 is 23.2 Å². The lowest BCUT2D eigenvalue weighted by atomic mass is 10.2. The number of nitrogens with zero attached hydrogens (tertiary/aromatic N) is 1. The Balaban J connectivity index is 1.54. The van der Waals surface area contributed by atoms with Gasteiger partial charge in [0.1, 0.15) is 25.4 Å². The predicted molar refractivity (Wildman–Crippen MR) is 101 cm³/mol. The van der Waals surface area contributed by atoms with E-state index in [0.717, 1.165) is 30.1 Å². The zero-order valence-corrected chi connectivity index (χ0v) is 15.2. The molecule has 0 aliphatic rings. The van der Waals surface area contributed by atoms with Crippen molar-refractivity contribution in [2.24, 2.45) is 0 Å². The van der Waals surface area contributed by atoms with Crippen LogP contribution in [0.3, 0.4) is 0 Å². The standard InChI is InChI=1S/C20H18Cl2N2O/c21-17-8-7-16(20(22)11-17)14-25-19-6-3-4-15(10-19)12-23-13-18-5-1-2-9-24-18/h1-11,23H,12-14H2/p+1. The molecule has 0 saturated heterocycles. The first-order chi connectivity index (χ1) is 12.2. The topological polar surface area (TPSA) is 38.7 Å². The third-order valence-electron chi connectivity index (χ3n) is 3.77. The number of halogens is 2. The monoisotopic (exact) mass is 373 g/mol. The van der Waals surface area contributed by atoms with Crippen LogP contribution in [0.5, 0.6) is 5.75 Å². The zero-order chi connectivity index (χ0) is 17.5. The molecule has 0 bridgehead atoms. The second-order valence-corrected chi connectivity index (χ2v) is 6.53. The Hall–Kier alpha value is -2.07. The van der Waals surface area contributed by atoms with E-state index in [9.17, 15) is 0 Å². The molecule has 0 fully saturated rings. The number of benzene rings is 2. The fraction of sp³-hybridized carbons (Fsp3) is 0.150. The van der Waals surface area contributed by atoms with Gasteiger partial charge in [0.2, 0.25) is 0 Å². The number of nitrogens with two attached hydrogens (primary N) is 1. The second-order valence-electron chi connectivity index (χ2n) is 5.69. The maximum atomic E-state index is 6.18. The van der Waals surface area contributed by atoms with Crippen LogP contribution in [-0.2, 0) is 19.7 Å². The van der Waals surface area contributed by atoms with Crippen LogP contribution in [0.2, 0.25) is 10.0 Å². The molecule has 3 nitrogen and oxygen atoms in total. The Labute approximate surface area is 157 Å². The molecule has 25 heavy (non-hydrogen) atoms. The van der Waals surface area contributed by atoms with E-state index in [-0.39, 0.29) is 0 Å². The maximum Gasteiger partial charge on any atom is 0.120 e. The molecule has 2 aromatic carbocycles. The quantitative estimate of drug-likeness (QED) is 0.672. The smallest absolute Gasteiger partial charge is 0.120 e. The number of hydrogen-bond donors (Lipinski definition) is 1. The van der Waals surface area contributed by atoms with Gasteiger partial charge in [-0.05, 0) is 36.4 Å². The fourth-order valence-electron chi connectivity index (χ4n) is 2.47. The summed E-state index contributed by atoms with van der Waals surface area (Å²) in [5.41, 5.74) is 3.20. The molecule has 0 saturated carbocycles. The zero-order valence-electron chi connectivity index (χ0n) is 13.7. The van der Waals surface area contributed by atoms with Crippen LogP contribution in [0.4, 0.5) is 0 Å². The van der Waals surface area contributed by atoms with E-state index in [1.807, 2.05) is 48.7 Å². The maximum absolute atomic E-state index is 6.18. The average molecular weight is 374 g/mol. The third kappa shape index (κ3) is 5.46. The van der Waals surface area contributed by atoms with E-state index >= 15 is 0 Å². The highest BCUT2D eigenvalue weighted by Crippen LogP contribution is 2.23. The molecule has 2 N–H and O–H groups in total. The van der Waals surface area contributed by atoms with Gasteiger partial charge in [-0.25, -0.2) is 0 Å². The van der Waals surface area contributed by atoms with E-state index in [1.54, 1.807) is 6.07 Å². The van der Waals surface area contributed by atoms with Crippen LogP contribution in [-0.4, -0.2) is 4.98 Å². The SMILES string of the molecule is Clc1ccc(COc2cccc(C[NH2+]Cc3ccccn3)c2)c(Cl)c1. The molecule has 5 heteroatoms. The first-order valence-electron chi connectivity index (χ1n) is 8.08. The molecule has 3 aromatic rings. The summed E-state index contributed by atoms with van der Waals surface area (Å²) in [7, 11) is 0. The van der Waals surface area contributed by atoms with Gasteiger partial charge < -0.3 is 10.1 Å². The highest BCUT2D eigenvalue weighted by molar-refractivity contribution is 6.35. The largest absolute Gasteiger partial charge is 0.489 e. The molecule has 0 unspecified atom stereocenters. The van der Waals surface area contributed by atoms with Crippen molar-refractivity contribution in [3.05, 3.63) is 93.7 Å². The minimum Gasteiger partial charge on any atom is -0.489 e. The highest BCUT2D eigenvalue weighted by atomic mass is 35.5. The minimum atomic E-state index is 0.414. The lowest BCUT2D eigenvalue weighted by Gasteiger charge is -2.09. The van der Waals surface area contributed by atoms with Gasteiger partial charge in [0.05, 0.1) is 5.69 Å². The van der Waals surface area contributed by atoms with E-state index in [2.05, 4.69) is 22.4 Å². The number of hydrogen-bond acceptors (Lipinski definition) is 2. The van der Waals surface area contributed by atoms with Gasteiger partial charge in [0, 0.05) is 27.4 Å². The second kappa shape index (κ2) is 8.86. The summed E-state index contributed by atoms with van der Waals surface area (Å²) < 4.78 is 5.86. The Morgan fingerprint density at radius 3 is 2.64 bits per heavy atom. The average Bonchev–Trinajstić information content (AvgIpc) is 2.62. The molecule has 1 aromatic heterocycles. The van der Waals surface area contributed by atoms with E-state index in [0.29, 0.717) is 16.7 Å². The lowest BCUT2D eigenvalue weighted by Crippen LogP contribution is -2.80. The Bertz CT molecular complexity index is 825. The Morgan fingerprint density at radius 1 is 0.920 bits per heavy atom. The van der Waals surface area contributed by atoms with E-state index in [1.165, 1.54) is 5.56 Å². The molecule has 0 radical (unpaired) electrons. The van der Waals surface area contributed by atoms with Gasteiger partial charge in [0.25, 0.3) is 0 Å². The summed E-state index contributed by atoms with van der Waals surface area (Å²) >= 11 is 12.1. The van der Waals surface area contributed by atoms with Gasteiger partial charge in [-0.3, -0.25) is 4.98 Å². The lowest BCUT2D eigenvalue weighted by molar-refractivity contribution is -0.686.